The summed E-state index contributed by atoms with van der Waals surface area (Å²) >= 11 is 5.14. The van der Waals surface area contributed by atoms with Crippen molar-refractivity contribution in [2.24, 2.45) is 5.10 Å². The Morgan fingerprint density at radius 3 is 2.96 bits per heavy atom. The summed E-state index contributed by atoms with van der Waals surface area (Å²) in [6.07, 6.45) is 2.02. The van der Waals surface area contributed by atoms with E-state index in [9.17, 15) is 20.0 Å². The summed E-state index contributed by atoms with van der Waals surface area (Å²) < 4.78 is 1.65. The Kier molecular flexibility index (Phi) is 5.36. The summed E-state index contributed by atoms with van der Waals surface area (Å²) in [5, 5.41) is 25.7. The second kappa shape index (κ2) is 7.70. The van der Waals surface area contributed by atoms with Gasteiger partial charge < -0.3 is 10.5 Å². The van der Waals surface area contributed by atoms with Crippen LogP contribution in [0.5, 0.6) is 5.88 Å². The minimum Gasteiger partial charge on any atom is -0.494 e. The Hall–Kier alpha value is -3.01. The van der Waals surface area contributed by atoms with Crippen molar-refractivity contribution in [1.82, 2.24) is 15.0 Å². The fourth-order valence-electron chi connectivity index (χ4n) is 2.99. The third-order valence-corrected chi connectivity index (χ3v) is 4.75. The number of aromatic nitrogens is 2. The molecule has 0 aliphatic carbocycles. The van der Waals surface area contributed by atoms with E-state index >= 15 is 0 Å². The van der Waals surface area contributed by atoms with E-state index in [1.165, 1.54) is 16.7 Å². The lowest BCUT2D eigenvalue weighted by Gasteiger charge is -2.12. The quantitative estimate of drug-likeness (QED) is 0.396. The molecule has 0 saturated carbocycles. The first-order valence-electron chi connectivity index (χ1n) is 8.55. The predicted molar refractivity (Wildman–Crippen MR) is 103 cm³/mol. The molecule has 1 atom stereocenters. The number of hydrogen-bond acceptors (Lipinski definition) is 7. The second-order valence-corrected chi connectivity index (χ2v) is 6.65. The van der Waals surface area contributed by atoms with Gasteiger partial charge in [0.15, 0.2) is 4.77 Å². The number of hydrogen-bond donors (Lipinski definition) is 3. The number of nitrogens with one attached hydrogen (secondary N) is 2. The van der Waals surface area contributed by atoms with Gasteiger partial charge in [0.25, 0.3) is 11.2 Å². The Balaban J connectivity index is 1.91. The number of H-pyrrole nitrogens is 1. The van der Waals surface area contributed by atoms with Gasteiger partial charge in [-0.2, -0.15) is 5.10 Å². The first-order chi connectivity index (χ1) is 12.9. The van der Waals surface area contributed by atoms with Crippen molar-refractivity contribution in [3.05, 3.63) is 60.6 Å². The average Bonchev–Trinajstić information content (AvgIpc) is 3.11. The molecule has 0 spiro atoms. The van der Waals surface area contributed by atoms with Gasteiger partial charge in [-0.3, -0.25) is 24.5 Å². The fraction of sp³-hybridized carbons (Fsp3) is 0.353. The SMILES string of the molecule is CCCCn1c(O)c(C2=NN[C@H](c3cccc([N+](=O)[O-])c3)C2)c(=O)[nH]c1=S. The zero-order valence-electron chi connectivity index (χ0n) is 14.6. The molecule has 2 aromatic rings. The molecule has 1 aliphatic rings. The number of rotatable bonds is 6. The third-order valence-electron chi connectivity index (χ3n) is 4.43. The third kappa shape index (κ3) is 3.75. The highest BCUT2D eigenvalue weighted by Gasteiger charge is 2.27. The van der Waals surface area contributed by atoms with Crippen LogP contribution >= 0.6 is 12.2 Å². The van der Waals surface area contributed by atoms with Gasteiger partial charge in [-0.05, 0) is 24.2 Å². The first-order valence-corrected chi connectivity index (χ1v) is 8.96. The summed E-state index contributed by atoms with van der Waals surface area (Å²) in [5.74, 6) is -0.211. The largest absolute Gasteiger partial charge is 0.494 e. The molecule has 0 unspecified atom stereocenters. The van der Waals surface area contributed by atoms with Crippen molar-refractivity contribution in [2.75, 3.05) is 0 Å². The van der Waals surface area contributed by atoms with Crippen LogP contribution in [0.15, 0.2) is 34.2 Å². The molecule has 10 heteroatoms. The van der Waals surface area contributed by atoms with Gasteiger partial charge >= 0.3 is 0 Å². The number of nitro groups is 1. The number of nitrogens with zero attached hydrogens (tertiary/aromatic N) is 3. The number of unbranched alkanes of at least 4 members (excludes halogenated alkanes) is 1. The number of benzene rings is 1. The van der Waals surface area contributed by atoms with Crippen LogP contribution in [0.4, 0.5) is 5.69 Å². The van der Waals surface area contributed by atoms with Gasteiger partial charge in [0.05, 0.1) is 16.7 Å². The summed E-state index contributed by atoms with van der Waals surface area (Å²) in [4.78, 5) is 25.4. The summed E-state index contributed by atoms with van der Waals surface area (Å²) in [6.45, 7) is 2.50. The molecule has 0 bridgehead atoms. The van der Waals surface area contributed by atoms with Crippen molar-refractivity contribution in [1.29, 1.82) is 0 Å². The highest BCUT2D eigenvalue weighted by Crippen LogP contribution is 2.28. The van der Waals surface area contributed by atoms with Gasteiger partial charge in [-0.25, -0.2) is 0 Å². The van der Waals surface area contributed by atoms with Crippen molar-refractivity contribution in [3.63, 3.8) is 0 Å². The van der Waals surface area contributed by atoms with Crippen LogP contribution in [0.1, 0.15) is 43.4 Å². The zero-order chi connectivity index (χ0) is 19.6. The first kappa shape index (κ1) is 18.8. The molecule has 0 radical (unpaired) electrons. The molecule has 3 rings (SSSR count). The van der Waals surface area contributed by atoms with Crippen LogP contribution < -0.4 is 11.0 Å². The van der Waals surface area contributed by atoms with Crippen molar-refractivity contribution < 1.29 is 10.0 Å². The Labute approximate surface area is 159 Å². The molecule has 3 N–H and O–H groups in total. The Morgan fingerprint density at radius 2 is 2.26 bits per heavy atom. The van der Waals surface area contributed by atoms with Crippen molar-refractivity contribution in [3.8, 4) is 5.88 Å². The van der Waals surface area contributed by atoms with E-state index in [0.717, 1.165) is 12.8 Å². The molecule has 1 aromatic carbocycles. The van der Waals surface area contributed by atoms with Crippen molar-refractivity contribution >= 4 is 23.6 Å². The zero-order valence-corrected chi connectivity index (χ0v) is 15.5. The molecular formula is C17H19N5O4S. The highest BCUT2D eigenvalue weighted by molar-refractivity contribution is 7.71. The topological polar surface area (TPSA) is 126 Å². The molecule has 1 aromatic heterocycles. The molecule has 0 amide bonds. The molecule has 0 saturated heterocycles. The minimum atomic E-state index is -0.509. The van der Waals surface area contributed by atoms with Crippen LogP contribution in [0, 0.1) is 14.9 Å². The van der Waals surface area contributed by atoms with Gasteiger partial charge in [0, 0.05) is 25.1 Å². The number of nitro benzene ring substituents is 1. The maximum absolute atomic E-state index is 12.4. The number of hydrazone groups is 1. The van der Waals surface area contributed by atoms with E-state index in [4.69, 9.17) is 12.2 Å². The number of non-ortho nitro benzene ring substituents is 1. The lowest BCUT2D eigenvalue weighted by molar-refractivity contribution is -0.384. The number of aromatic amines is 1. The maximum atomic E-state index is 12.4. The molecule has 142 valence electrons. The predicted octanol–water partition coefficient (Wildman–Crippen LogP) is 2.76. The molecule has 9 nitrogen and oxygen atoms in total. The normalized spacial score (nSPS) is 16.0. The van der Waals surface area contributed by atoms with E-state index in [0.29, 0.717) is 24.2 Å². The standard InChI is InChI=1S/C17H19N5O4S/c1-2-3-7-21-16(24)14(15(23)18-17(21)27)13-9-12(19-20-13)10-5-4-6-11(8-10)22(25)26/h4-6,8,12,19,24H,2-3,7,9H2,1H3,(H,18,23,27)/t12-/m0/s1. The second-order valence-electron chi connectivity index (χ2n) is 6.26. The molecule has 0 fully saturated rings. The van der Waals surface area contributed by atoms with Gasteiger partial charge in [0.2, 0.25) is 5.88 Å². The van der Waals surface area contributed by atoms with Crippen LogP contribution in [0.3, 0.4) is 0 Å². The van der Waals surface area contributed by atoms with Crippen LogP contribution in [-0.4, -0.2) is 25.3 Å². The number of aromatic hydroxyl groups is 1. The van der Waals surface area contributed by atoms with Gasteiger partial charge in [-0.1, -0.05) is 25.5 Å². The van der Waals surface area contributed by atoms with Crippen LogP contribution in [-0.2, 0) is 6.54 Å². The van der Waals surface area contributed by atoms with E-state index in [1.54, 1.807) is 12.1 Å². The Bertz CT molecular complexity index is 1030. The summed E-state index contributed by atoms with van der Waals surface area (Å²) in [7, 11) is 0. The average molecular weight is 389 g/mol. The molecule has 2 heterocycles. The van der Waals surface area contributed by atoms with Crippen molar-refractivity contribution in [2.45, 2.75) is 38.8 Å². The van der Waals surface area contributed by atoms with E-state index in [1.807, 2.05) is 6.92 Å². The van der Waals surface area contributed by atoms with E-state index in [-0.39, 0.29) is 27.9 Å². The fourth-order valence-corrected chi connectivity index (χ4v) is 3.26. The molecule has 27 heavy (non-hydrogen) atoms. The molecule has 1 aliphatic heterocycles. The molecular weight excluding hydrogens is 370 g/mol. The lowest BCUT2D eigenvalue weighted by atomic mass is 9.99. The monoisotopic (exact) mass is 389 g/mol. The van der Waals surface area contributed by atoms with E-state index in [2.05, 4.69) is 15.5 Å². The highest BCUT2D eigenvalue weighted by atomic mass is 32.1. The maximum Gasteiger partial charge on any atom is 0.269 e. The lowest BCUT2D eigenvalue weighted by Crippen LogP contribution is -2.22. The minimum absolute atomic E-state index is 0.0173. The smallest absolute Gasteiger partial charge is 0.269 e. The van der Waals surface area contributed by atoms with E-state index < -0.39 is 10.5 Å². The van der Waals surface area contributed by atoms with Crippen LogP contribution in [0.25, 0.3) is 0 Å². The summed E-state index contributed by atoms with van der Waals surface area (Å²) in [6, 6.07) is 5.90. The van der Waals surface area contributed by atoms with Crippen LogP contribution in [0.2, 0.25) is 0 Å². The van der Waals surface area contributed by atoms with Gasteiger partial charge in [-0.15, -0.1) is 0 Å². The Morgan fingerprint density at radius 1 is 1.48 bits per heavy atom. The summed E-state index contributed by atoms with van der Waals surface area (Å²) in [5.41, 5.74) is 3.49. The van der Waals surface area contributed by atoms with Gasteiger partial charge in [0.1, 0.15) is 5.56 Å².